The molecule has 2 aromatic rings. The number of carbonyl (C=O) groups excluding carboxylic acids is 1. The van der Waals surface area contributed by atoms with Crippen LogP contribution in [0, 0.1) is 5.82 Å². The van der Waals surface area contributed by atoms with Crippen molar-refractivity contribution in [3.05, 3.63) is 70.5 Å². The van der Waals surface area contributed by atoms with Gasteiger partial charge in [-0.2, -0.15) is 0 Å². The maximum Gasteiger partial charge on any atom is 0.278 e. The fourth-order valence-electron chi connectivity index (χ4n) is 3.33. The van der Waals surface area contributed by atoms with E-state index in [2.05, 4.69) is 13.8 Å². The number of benzene rings is 2. The number of quaternary nitrogens is 1. The molecule has 1 fully saturated rings. The van der Waals surface area contributed by atoms with Crippen molar-refractivity contribution >= 4 is 29.3 Å². The summed E-state index contributed by atoms with van der Waals surface area (Å²) in [5.41, 5.74) is 1.90. The molecule has 0 spiro atoms. The van der Waals surface area contributed by atoms with Gasteiger partial charge in [0.05, 0.1) is 6.04 Å². The molecule has 1 saturated heterocycles. The Morgan fingerprint density at radius 2 is 2.07 bits per heavy atom. The third kappa shape index (κ3) is 5.03. The highest BCUT2D eigenvalue weighted by atomic mass is 35.5. The first-order valence-corrected chi connectivity index (χ1v) is 10.6. The Morgan fingerprint density at radius 1 is 1.30 bits per heavy atom. The molecule has 3 nitrogen and oxygen atoms in total. The van der Waals surface area contributed by atoms with Crippen molar-refractivity contribution in [1.82, 2.24) is 4.90 Å². The third-order valence-electron chi connectivity index (χ3n) is 4.90. The predicted molar refractivity (Wildman–Crippen MR) is 109 cm³/mol. The molecule has 1 unspecified atom stereocenters. The van der Waals surface area contributed by atoms with Crippen LogP contribution < -0.4 is 4.90 Å². The maximum absolute atomic E-state index is 13.5. The Morgan fingerprint density at radius 3 is 2.78 bits per heavy atom. The van der Waals surface area contributed by atoms with Crippen LogP contribution in [0.5, 0.6) is 0 Å². The normalized spacial score (nSPS) is 18.1. The monoisotopic (exact) mass is 407 g/mol. The number of halogens is 2. The molecule has 1 aliphatic heterocycles. The number of hydrogen-bond acceptors (Lipinski definition) is 2. The van der Waals surface area contributed by atoms with E-state index < -0.39 is 0 Å². The van der Waals surface area contributed by atoms with E-state index >= 15 is 0 Å². The summed E-state index contributed by atoms with van der Waals surface area (Å²) in [4.78, 5) is 16.1. The molecule has 1 aliphatic rings. The topological polar surface area (TPSA) is 24.8 Å². The number of thioether (sulfide) groups is 1. The van der Waals surface area contributed by atoms with Gasteiger partial charge in [0, 0.05) is 28.4 Å². The summed E-state index contributed by atoms with van der Waals surface area (Å²) in [5.74, 6) is 0.782. The van der Waals surface area contributed by atoms with Gasteiger partial charge < -0.3 is 9.80 Å². The van der Waals surface area contributed by atoms with E-state index in [1.54, 1.807) is 23.9 Å². The van der Waals surface area contributed by atoms with Crippen LogP contribution in [0.3, 0.4) is 0 Å². The van der Waals surface area contributed by atoms with Gasteiger partial charge in [-0.1, -0.05) is 41.9 Å². The molecular weight excluding hydrogens is 383 g/mol. The van der Waals surface area contributed by atoms with Crippen molar-refractivity contribution in [2.45, 2.75) is 31.8 Å². The Hall–Kier alpha value is -1.56. The minimum Gasteiger partial charge on any atom is -0.321 e. The first-order valence-electron chi connectivity index (χ1n) is 9.20. The zero-order valence-electron chi connectivity index (χ0n) is 15.6. The first kappa shape index (κ1) is 20.2. The number of hydrogen-bond donors (Lipinski definition) is 1. The molecule has 1 heterocycles. The van der Waals surface area contributed by atoms with Crippen molar-refractivity contribution in [2.75, 3.05) is 18.8 Å². The van der Waals surface area contributed by atoms with Gasteiger partial charge in [-0.15, -0.1) is 11.8 Å². The zero-order valence-corrected chi connectivity index (χ0v) is 17.2. The molecule has 2 atom stereocenters. The SMILES string of the molecule is CC(C)[NH+](CC(=O)N1CCS[C@H]1c1ccccc1Cl)Cc1cccc(F)c1. The van der Waals surface area contributed by atoms with E-state index in [0.29, 0.717) is 18.1 Å². The molecule has 0 radical (unpaired) electrons. The highest BCUT2D eigenvalue weighted by Gasteiger charge is 2.34. The highest BCUT2D eigenvalue weighted by molar-refractivity contribution is 7.99. The predicted octanol–water partition coefficient (Wildman–Crippen LogP) is 3.55. The van der Waals surface area contributed by atoms with Gasteiger partial charge >= 0.3 is 0 Å². The van der Waals surface area contributed by atoms with Crippen LogP contribution in [0.2, 0.25) is 5.02 Å². The van der Waals surface area contributed by atoms with Gasteiger partial charge in [0.1, 0.15) is 17.7 Å². The summed E-state index contributed by atoms with van der Waals surface area (Å²) in [6.07, 6.45) is 0. The second-order valence-corrected chi connectivity index (χ2v) is 8.72. The van der Waals surface area contributed by atoms with Crippen LogP contribution in [0.25, 0.3) is 0 Å². The average Bonchev–Trinajstić information content (AvgIpc) is 3.11. The van der Waals surface area contributed by atoms with E-state index in [4.69, 9.17) is 11.6 Å². The van der Waals surface area contributed by atoms with Crippen LogP contribution in [-0.4, -0.2) is 35.7 Å². The smallest absolute Gasteiger partial charge is 0.278 e. The lowest BCUT2D eigenvalue weighted by molar-refractivity contribution is -0.927. The Kier molecular flexibility index (Phi) is 6.79. The summed E-state index contributed by atoms with van der Waals surface area (Å²) < 4.78 is 13.5. The molecule has 2 aromatic carbocycles. The van der Waals surface area contributed by atoms with E-state index in [1.165, 1.54) is 6.07 Å². The summed E-state index contributed by atoms with van der Waals surface area (Å²) in [7, 11) is 0. The minimum atomic E-state index is -0.239. The van der Waals surface area contributed by atoms with Gasteiger partial charge in [-0.05, 0) is 32.0 Å². The van der Waals surface area contributed by atoms with Gasteiger partial charge in [-0.25, -0.2) is 4.39 Å². The third-order valence-corrected chi connectivity index (χ3v) is 6.48. The van der Waals surface area contributed by atoms with E-state index in [1.807, 2.05) is 35.2 Å². The summed E-state index contributed by atoms with van der Waals surface area (Å²) in [5, 5.41) is 0.663. The maximum atomic E-state index is 13.5. The zero-order chi connectivity index (χ0) is 19.4. The lowest BCUT2D eigenvalue weighted by Crippen LogP contribution is -3.14. The Labute approximate surface area is 169 Å². The largest absolute Gasteiger partial charge is 0.321 e. The van der Waals surface area contributed by atoms with Crippen LogP contribution in [0.15, 0.2) is 48.5 Å². The number of rotatable bonds is 6. The molecule has 0 aromatic heterocycles. The first-order chi connectivity index (χ1) is 13.0. The van der Waals surface area contributed by atoms with Gasteiger partial charge in [0.15, 0.2) is 6.54 Å². The van der Waals surface area contributed by atoms with E-state index in [-0.39, 0.29) is 23.1 Å². The second kappa shape index (κ2) is 9.09. The number of amides is 1. The molecule has 0 saturated carbocycles. The fraction of sp³-hybridized carbons (Fsp3) is 0.381. The van der Waals surface area contributed by atoms with Crippen LogP contribution in [0.4, 0.5) is 4.39 Å². The Bertz CT molecular complexity index is 801. The number of carbonyl (C=O) groups is 1. The molecule has 0 bridgehead atoms. The minimum absolute atomic E-state index is 0.0335. The second-order valence-electron chi connectivity index (χ2n) is 7.13. The van der Waals surface area contributed by atoms with Crippen molar-refractivity contribution in [2.24, 2.45) is 0 Å². The average molecular weight is 408 g/mol. The van der Waals surface area contributed by atoms with Crippen molar-refractivity contribution in [1.29, 1.82) is 0 Å². The van der Waals surface area contributed by atoms with Gasteiger partial charge in [0.25, 0.3) is 5.91 Å². The van der Waals surface area contributed by atoms with Gasteiger partial charge in [-0.3, -0.25) is 4.79 Å². The van der Waals surface area contributed by atoms with Crippen molar-refractivity contribution in [3.63, 3.8) is 0 Å². The highest BCUT2D eigenvalue weighted by Crippen LogP contribution is 2.40. The molecule has 3 rings (SSSR count). The molecule has 27 heavy (non-hydrogen) atoms. The molecule has 0 aliphatic carbocycles. The van der Waals surface area contributed by atoms with Crippen molar-refractivity contribution in [3.8, 4) is 0 Å². The molecule has 1 amide bonds. The van der Waals surface area contributed by atoms with E-state index in [0.717, 1.165) is 28.3 Å². The standard InChI is InChI=1S/C21H24ClFN2OS/c1-15(2)24(13-16-6-5-7-17(23)12-16)14-20(26)25-10-11-27-21(25)18-8-3-4-9-19(18)22/h3-9,12,15,21H,10-11,13-14H2,1-2H3/p+1/t21-/m0/s1. The number of nitrogens with zero attached hydrogens (tertiary/aromatic N) is 1. The lowest BCUT2D eigenvalue weighted by Gasteiger charge is -2.29. The molecule has 1 N–H and O–H groups in total. The summed E-state index contributed by atoms with van der Waals surface area (Å²) >= 11 is 8.11. The molecular formula is C21H25ClFN2OS+. The van der Waals surface area contributed by atoms with Gasteiger partial charge in [0.2, 0.25) is 0 Å². The quantitative estimate of drug-likeness (QED) is 0.792. The van der Waals surface area contributed by atoms with Crippen LogP contribution in [0.1, 0.15) is 30.3 Å². The summed E-state index contributed by atoms with van der Waals surface area (Å²) in [6, 6.07) is 14.6. The fourth-order valence-corrected chi connectivity index (χ4v) is 4.95. The molecule has 144 valence electrons. The van der Waals surface area contributed by atoms with Crippen LogP contribution in [-0.2, 0) is 11.3 Å². The summed E-state index contributed by atoms with van der Waals surface area (Å²) in [6.45, 7) is 5.91. The van der Waals surface area contributed by atoms with E-state index in [9.17, 15) is 9.18 Å². The Balaban J connectivity index is 1.72. The van der Waals surface area contributed by atoms with Crippen LogP contribution >= 0.6 is 23.4 Å². The molecule has 6 heteroatoms. The lowest BCUT2D eigenvalue weighted by atomic mass is 10.1. The van der Waals surface area contributed by atoms with Crippen molar-refractivity contribution < 1.29 is 14.1 Å². The number of nitrogens with one attached hydrogen (secondary N) is 1.